The van der Waals surface area contributed by atoms with E-state index in [1.807, 2.05) is 19.9 Å². The molecule has 6 rings (SSSR count). The number of fused-ring (bicyclic) bond motifs is 4. The van der Waals surface area contributed by atoms with Crippen LogP contribution in [0.15, 0.2) is 18.2 Å². The summed E-state index contributed by atoms with van der Waals surface area (Å²) in [6.45, 7) is 8.55. The van der Waals surface area contributed by atoms with Gasteiger partial charge in [0.2, 0.25) is 0 Å². The summed E-state index contributed by atoms with van der Waals surface area (Å²) < 4.78 is 5.58. The fraction of sp³-hybridized carbons (Fsp3) is 0.609. The fourth-order valence-corrected chi connectivity index (χ4v) is 5.97. The van der Waals surface area contributed by atoms with Crippen LogP contribution in [0, 0.1) is 17.8 Å². The molecule has 5 atom stereocenters. The molecule has 4 aliphatic rings. The quantitative estimate of drug-likeness (QED) is 0.643. The number of benzene rings is 1. The number of esters is 1. The highest BCUT2D eigenvalue weighted by Gasteiger charge is 2.48. The first-order valence-corrected chi connectivity index (χ1v) is 10.6. The number of ether oxygens (including phenoxy) is 1. The van der Waals surface area contributed by atoms with Crippen molar-refractivity contribution in [3.8, 4) is 5.75 Å². The zero-order valence-electron chi connectivity index (χ0n) is 16.6. The van der Waals surface area contributed by atoms with Gasteiger partial charge in [-0.25, -0.2) is 0 Å². The molecule has 1 aliphatic carbocycles. The molecule has 3 aliphatic heterocycles. The topological polar surface area (TPSA) is 45.3 Å². The van der Waals surface area contributed by atoms with Crippen LogP contribution in [0.1, 0.15) is 57.2 Å². The third-order valence-electron chi connectivity index (χ3n) is 7.18. The van der Waals surface area contributed by atoms with Gasteiger partial charge >= 0.3 is 5.97 Å². The van der Waals surface area contributed by atoms with Crippen molar-refractivity contribution in [3.63, 3.8) is 0 Å². The molecular weight excluding hydrogens is 336 g/mol. The summed E-state index contributed by atoms with van der Waals surface area (Å²) in [6, 6.07) is 6.79. The fourth-order valence-electron chi connectivity index (χ4n) is 5.97. The Balaban J connectivity index is 1.55. The molecule has 1 N–H and O–H groups in total. The number of rotatable bonds is 3. The number of hydrogen-bond donors (Lipinski definition) is 1. The smallest absolute Gasteiger partial charge is 0.313 e. The third-order valence-corrected chi connectivity index (χ3v) is 7.18. The zero-order valence-corrected chi connectivity index (χ0v) is 16.6. The minimum Gasteiger partial charge on any atom is -0.426 e. The Bertz CT molecular complexity index is 884. The maximum absolute atomic E-state index is 12.0. The zero-order chi connectivity index (χ0) is 18.7. The van der Waals surface area contributed by atoms with E-state index >= 15 is 0 Å². The summed E-state index contributed by atoms with van der Waals surface area (Å²) in [4.78, 5) is 18.6. The Hall–Kier alpha value is -1.81. The summed E-state index contributed by atoms with van der Waals surface area (Å²) in [7, 11) is 0. The van der Waals surface area contributed by atoms with Gasteiger partial charge in [0.1, 0.15) is 5.75 Å². The molecule has 1 aromatic heterocycles. The second-order valence-corrected chi connectivity index (χ2v) is 9.15. The number of piperidine rings is 2. The van der Waals surface area contributed by atoms with Crippen molar-refractivity contribution in [3.05, 3.63) is 29.5 Å². The maximum atomic E-state index is 12.0. The first kappa shape index (κ1) is 17.3. The van der Waals surface area contributed by atoms with Crippen molar-refractivity contribution < 1.29 is 9.53 Å². The van der Waals surface area contributed by atoms with Gasteiger partial charge in [-0.2, -0.15) is 0 Å². The van der Waals surface area contributed by atoms with Crippen LogP contribution < -0.4 is 4.74 Å². The van der Waals surface area contributed by atoms with E-state index < -0.39 is 0 Å². The lowest BCUT2D eigenvalue weighted by molar-refractivity contribution is -0.137. The van der Waals surface area contributed by atoms with Gasteiger partial charge in [0, 0.05) is 41.6 Å². The van der Waals surface area contributed by atoms with Gasteiger partial charge in [-0.1, -0.05) is 27.2 Å². The van der Waals surface area contributed by atoms with Gasteiger partial charge in [-0.05, 0) is 54.9 Å². The molecule has 4 nitrogen and oxygen atoms in total. The number of hydrogen-bond acceptors (Lipinski definition) is 3. The standard InChI is InChI=1S/C23H30N2O2/c1-4-15-9-14-10-19-21-17(7-8-25(12-14)22(15)19)18-11-16(5-6-20(18)24-21)27-23(26)13(2)3/h5-6,11,13-15,19,22,24H,4,7-10,12H2,1-3H3. The second-order valence-electron chi connectivity index (χ2n) is 9.15. The van der Waals surface area contributed by atoms with Crippen LogP contribution in [0.2, 0.25) is 0 Å². The largest absolute Gasteiger partial charge is 0.426 e. The number of carbonyl (C=O) groups is 1. The Morgan fingerprint density at radius 2 is 2.19 bits per heavy atom. The lowest BCUT2D eigenvalue weighted by atomic mass is 9.65. The number of H-pyrrole nitrogens is 1. The SMILES string of the molecule is CCC1CC2CC3c4[nH]c5ccc(OC(=O)C(C)C)cc5c4CCN(C2)C13. The summed E-state index contributed by atoms with van der Waals surface area (Å²) >= 11 is 0. The summed E-state index contributed by atoms with van der Waals surface area (Å²) in [5.74, 6) is 2.71. The lowest BCUT2D eigenvalue weighted by Gasteiger charge is -2.53. The van der Waals surface area contributed by atoms with Crippen molar-refractivity contribution >= 4 is 16.9 Å². The predicted molar refractivity (Wildman–Crippen MR) is 107 cm³/mol. The van der Waals surface area contributed by atoms with E-state index in [1.54, 1.807) is 0 Å². The predicted octanol–water partition coefficient (Wildman–Crippen LogP) is 4.49. The molecule has 1 aromatic carbocycles. The van der Waals surface area contributed by atoms with Crippen molar-refractivity contribution in [1.82, 2.24) is 9.88 Å². The van der Waals surface area contributed by atoms with Crippen LogP contribution >= 0.6 is 0 Å². The Morgan fingerprint density at radius 3 is 2.96 bits per heavy atom. The van der Waals surface area contributed by atoms with Crippen molar-refractivity contribution in [2.75, 3.05) is 13.1 Å². The van der Waals surface area contributed by atoms with E-state index in [0.717, 1.165) is 24.8 Å². The monoisotopic (exact) mass is 366 g/mol. The van der Waals surface area contributed by atoms with Gasteiger partial charge in [-0.15, -0.1) is 0 Å². The summed E-state index contributed by atoms with van der Waals surface area (Å²) in [6.07, 6.45) is 5.12. The number of nitrogens with one attached hydrogen (secondary N) is 1. The molecule has 5 unspecified atom stereocenters. The van der Waals surface area contributed by atoms with Crippen molar-refractivity contribution in [2.24, 2.45) is 17.8 Å². The number of carbonyl (C=O) groups excluding carboxylic acids is 1. The van der Waals surface area contributed by atoms with Gasteiger partial charge in [-0.3, -0.25) is 9.69 Å². The molecule has 0 spiro atoms. The Morgan fingerprint density at radius 1 is 1.33 bits per heavy atom. The number of aromatic nitrogens is 1. The van der Waals surface area contributed by atoms with E-state index in [-0.39, 0.29) is 11.9 Å². The van der Waals surface area contributed by atoms with Crippen LogP contribution in [-0.2, 0) is 11.2 Å². The maximum Gasteiger partial charge on any atom is 0.313 e. The number of aromatic amines is 1. The van der Waals surface area contributed by atoms with E-state index in [9.17, 15) is 4.79 Å². The van der Waals surface area contributed by atoms with Crippen LogP contribution in [0.3, 0.4) is 0 Å². The minimum absolute atomic E-state index is 0.113. The first-order chi connectivity index (χ1) is 13.0. The summed E-state index contributed by atoms with van der Waals surface area (Å²) in [5, 5.41) is 1.25. The molecule has 4 heterocycles. The van der Waals surface area contributed by atoms with E-state index in [0.29, 0.717) is 17.7 Å². The first-order valence-electron chi connectivity index (χ1n) is 10.6. The van der Waals surface area contributed by atoms with Gasteiger partial charge in [0.25, 0.3) is 0 Å². The highest BCUT2D eigenvalue weighted by molar-refractivity contribution is 5.87. The number of nitrogens with zero attached hydrogens (tertiary/aromatic N) is 1. The lowest BCUT2D eigenvalue weighted by Crippen LogP contribution is -2.56. The molecule has 2 saturated heterocycles. The van der Waals surface area contributed by atoms with Gasteiger partial charge in [0.15, 0.2) is 0 Å². The molecule has 4 bridgehead atoms. The average Bonchev–Trinajstić information content (AvgIpc) is 2.98. The average molecular weight is 367 g/mol. The molecule has 4 heteroatoms. The van der Waals surface area contributed by atoms with Crippen molar-refractivity contribution in [2.45, 2.75) is 58.4 Å². The molecule has 1 saturated carbocycles. The molecule has 144 valence electrons. The minimum atomic E-state index is -0.166. The Kier molecular flexibility index (Phi) is 4.08. The summed E-state index contributed by atoms with van der Waals surface area (Å²) in [5.41, 5.74) is 4.11. The van der Waals surface area contributed by atoms with Crippen LogP contribution in [0.25, 0.3) is 10.9 Å². The molecule has 0 amide bonds. The van der Waals surface area contributed by atoms with E-state index in [1.165, 1.54) is 48.0 Å². The normalized spacial score (nSPS) is 31.8. The molecule has 0 radical (unpaired) electrons. The second kappa shape index (κ2) is 6.37. The van der Waals surface area contributed by atoms with E-state index in [4.69, 9.17) is 4.74 Å². The molecule has 2 aromatic rings. The van der Waals surface area contributed by atoms with Gasteiger partial charge < -0.3 is 9.72 Å². The van der Waals surface area contributed by atoms with Crippen LogP contribution in [-0.4, -0.2) is 35.0 Å². The highest BCUT2D eigenvalue weighted by atomic mass is 16.5. The Labute approximate surface area is 161 Å². The highest BCUT2D eigenvalue weighted by Crippen LogP contribution is 2.51. The van der Waals surface area contributed by atoms with Crippen molar-refractivity contribution in [1.29, 1.82) is 0 Å². The molecule has 27 heavy (non-hydrogen) atoms. The van der Waals surface area contributed by atoms with Crippen LogP contribution in [0.5, 0.6) is 5.75 Å². The van der Waals surface area contributed by atoms with E-state index in [2.05, 4.69) is 28.9 Å². The van der Waals surface area contributed by atoms with Crippen LogP contribution in [0.4, 0.5) is 0 Å². The molecular formula is C23H30N2O2. The van der Waals surface area contributed by atoms with Gasteiger partial charge in [0.05, 0.1) is 5.92 Å². The molecule has 3 fully saturated rings. The third kappa shape index (κ3) is 2.72.